The standard InChI is InChI=1S/C11H12BrClN2/c1-2-6-3-11(6)5-15-10-8(11)9(13)7(12)4-14-10/h4,6H,2-3,5H2,1H3,(H,14,15)/t6-,11+/m0/s1. The van der Waals surface area contributed by atoms with Crippen molar-refractivity contribution in [1.82, 2.24) is 4.98 Å². The van der Waals surface area contributed by atoms with Gasteiger partial charge in [-0.05, 0) is 28.3 Å². The topological polar surface area (TPSA) is 24.9 Å². The van der Waals surface area contributed by atoms with Crippen LogP contribution in [0.1, 0.15) is 25.3 Å². The SMILES string of the molecule is CC[C@H]1C[C@@]12CNc1ncc(Br)c(Cl)c12. The molecule has 4 heteroatoms. The fourth-order valence-corrected chi connectivity index (χ4v) is 3.45. The first-order chi connectivity index (χ1) is 7.19. The minimum atomic E-state index is 0.290. The summed E-state index contributed by atoms with van der Waals surface area (Å²) < 4.78 is 0.910. The van der Waals surface area contributed by atoms with Crippen LogP contribution in [0.5, 0.6) is 0 Å². The Balaban J connectivity index is 2.14. The molecule has 1 aliphatic heterocycles. The molecular weight excluding hydrogens is 275 g/mol. The number of nitrogens with one attached hydrogen (secondary N) is 1. The summed E-state index contributed by atoms with van der Waals surface area (Å²) in [6, 6.07) is 0. The minimum absolute atomic E-state index is 0.290. The summed E-state index contributed by atoms with van der Waals surface area (Å²) in [6.07, 6.45) is 4.25. The molecule has 1 aromatic rings. The van der Waals surface area contributed by atoms with Crippen LogP contribution in [0, 0.1) is 5.92 Å². The van der Waals surface area contributed by atoms with Crippen LogP contribution in [0.2, 0.25) is 5.02 Å². The molecule has 0 saturated heterocycles. The van der Waals surface area contributed by atoms with Crippen molar-refractivity contribution in [2.45, 2.75) is 25.2 Å². The van der Waals surface area contributed by atoms with Gasteiger partial charge in [0.15, 0.2) is 0 Å². The van der Waals surface area contributed by atoms with Gasteiger partial charge < -0.3 is 5.32 Å². The second-order valence-corrected chi connectivity index (χ2v) is 5.70. The first-order valence-corrected chi connectivity index (χ1v) is 6.44. The molecule has 2 aliphatic rings. The van der Waals surface area contributed by atoms with Gasteiger partial charge in [-0.25, -0.2) is 4.98 Å². The lowest BCUT2D eigenvalue weighted by molar-refractivity contribution is 0.638. The molecule has 2 atom stereocenters. The Labute approximate surface area is 103 Å². The fourth-order valence-electron chi connectivity index (χ4n) is 2.82. The Hall–Kier alpha value is -0.280. The number of pyridine rings is 1. The molecule has 80 valence electrons. The van der Waals surface area contributed by atoms with Gasteiger partial charge in [0, 0.05) is 23.7 Å². The number of aromatic nitrogens is 1. The third-order valence-electron chi connectivity index (χ3n) is 3.77. The van der Waals surface area contributed by atoms with Gasteiger partial charge in [0.05, 0.1) is 9.50 Å². The van der Waals surface area contributed by atoms with E-state index in [9.17, 15) is 0 Å². The van der Waals surface area contributed by atoms with E-state index in [2.05, 4.69) is 33.2 Å². The highest BCUT2D eigenvalue weighted by atomic mass is 79.9. The molecule has 2 heterocycles. The maximum atomic E-state index is 6.36. The third kappa shape index (κ3) is 1.19. The lowest BCUT2D eigenvalue weighted by Gasteiger charge is -2.11. The van der Waals surface area contributed by atoms with Crippen molar-refractivity contribution in [2.75, 3.05) is 11.9 Å². The number of anilines is 1. The van der Waals surface area contributed by atoms with Crippen molar-refractivity contribution in [1.29, 1.82) is 0 Å². The third-order valence-corrected chi connectivity index (χ3v) is 4.99. The van der Waals surface area contributed by atoms with Gasteiger partial charge in [-0.15, -0.1) is 0 Å². The van der Waals surface area contributed by atoms with E-state index < -0.39 is 0 Å². The van der Waals surface area contributed by atoms with Crippen molar-refractivity contribution in [2.24, 2.45) is 5.92 Å². The minimum Gasteiger partial charge on any atom is -0.369 e. The zero-order chi connectivity index (χ0) is 10.6. The fraction of sp³-hybridized carbons (Fsp3) is 0.545. The number of nitrogens with zero attached hydrogens (tertiary/aromatic N) is 1. The van der Waals surface area contributed by atoms with Crippen molar-refractivity contribution in [3.63, 3.8) is 0 Å². The summed E-state index contributed by atoms with van der Waals surface area (Å²) in [5.41, 5.74) is 1.53. The molecule has 3 rings (SSSR count). The van der Waals surface area contributed by atoms with Gasteiger partial charge >= 0.3 is 0 Å². The lowest BCUT2D eigenvalue weighted by Crippen LogP contribution is -2.12. The highest BCUT2D eigenvalue weighted by Crippen LogP contribution is 2.62. The molecule has 0 amide bonds. The van der Waals surface area contributed by atoms with Gasteiger partial charge in [-0.3, -0.25) is 0 Å². The average Bonchev–Trinajstić information content (AvgIpc) is 2.81. The monoisotopic (exact) mass is 286 g/mol. The van der Waals surface area contributed by atoms with Crippen LogP contribution in [-0.4, -0.2) is 11.5 Å². The first-order valence-electron chi connectivity index (χ1n) is 5.27. The Morgan fingerprint density at radius 1 is 1.73 bits per heavy atom. The highest BCUT2D eigenvalue weighted by Gasteiger charge is 2.59. The van der Waals surface area contributed by atoms with Gasteiger partial charge in [0.1, 0.15) is 5.82 Å². The number of hydrogen-bond donors (Lipinski definition) is 1. The molecular formula is C11H12BrClN2. The molecule has 1 N–H and O–H groups in total. The molecule has 2 nitrogen and oxygen atoms in total. The maximum Gasteiger partial charge on any atom is 0.131 e. The number of rotatable bonds is 1. The molecule has 0 aromatic carbocycles. The molecule has 1 saturated carbocycles. The van der Waals surface area contributed by atoms with E-state index >= 15 is 0 Å². The zero-order valence-electron chi connectivity index (χ0n) is 8.48. The zero-order valence-corrected chi connectivity index (χ0v) is 10.8. The van der Waals surface area contributed by atoms with E-state index in [-0.39, 0.29) is 5.41 Å². The highest BCUT2D eigenvalue weighted by molar-refractivity contribution is 9.10. The van der Waals surface area contributed by atoms with Gasteiger partial charge in [-0.2, -0.15) is 0 Å². The molecule has 0 unspecified atom stereocenters. The molecule has 15 heavy (non-hydrogen) atoms. The molecule has 1 aliphatic carbocycles. The van der Waals surface area contributed by atoms with Gasteiger partial charge in [0.2, 0.25) is 0 Å². The van der Waals surface area contributed by atoms with Crippen molar-refractivity contribution < 1.29 is 0 Å². The Kier molecular flexibility index (Phi) is 2.05. The predicted molar refractivity (Wildman–Crippen MR) is 65.5 cm³/mol. The molecule has 1 aromatic heterocycles. The Morgan fingerprint density at radius 3 is 3.20 bits per heavy atom. The lowest BCUT2D eigenvalue weighted by atomic mass is 9.96. The van der Waals surface area contributed by atoms with Crippen LogP contribution in [0.4, 0.5) is 5.82 Å². The smallest absolute Gasteiger partial charge is 0.131 e. The largest absolute Gasteiger partial charge is 0.369 e. The Morgan fingerprint density at radius 2 is 2.53 bits per heavy atom. The number of hydrogen-bond acceptors (Lipinski definition) is 2. The summed E-state index contributed by atoms with van der Waals surface area (Å²) in [5.74, 6) is 1.76. The van der Waals surface area contributed by atoms with Crippen molar-refractivity contribution in [3.05, 3.63) is 21.3 Å². The van der Waals surface area contributed by atoms with Gasteiger partial charge in [-0.1, -0.05) is 24.9 Å². The molecule has 1 spiro atoms. The number of fused-ring (bicyclic) bond motifs is 2. The summed E-state index contributed by atoms with van der Waals surface area (Å²) in [5, 5.41) is 4.22. The molecule has 1 fully saturated rings. The van der Waals surface area contributed by atoms with Crippen molar-refractivity contribution >= 4 is 33.3 Å². The summed E-state index contributed by atoms with van der Waals surface area (Å²) in [6.45, 7) is 3.25. The van der Waals surface area contributed by atoms with Crippen LogP contribution in [0.15, 0.2) is 10.7 Å². The number of halogens is 2. The van der Waals surface area contributed by atoms with E-state index in [1.54, 1.807) is 6.20 Å². The second kappa shape index (κ2) is 3.11. The van der Waals surface area contributed by atoms with Crippen LogP contribution < -0.4 is 5.32 Å². The normalized spacial score (nSPS) is 31.5. The van der Waals surface area contributed by atoms with E-state index in [0.29, 0.717) is 0 Å². The second-order valence-electron chi connectivity index (χ2n) is 4.46. The summed E-state index contributed by atoms with van der Waals surface area (Å²) >= 11 is 9.81. The quantitative estimate of drug-likeness (QED) is 0.854. The van der Waals surface area contributed by atoms with Gasteiger partial charge in [0.25, 0.3) is 0 Å². The predicted octanol–water partition coefficient (Wildman–Crippen LogP) is 3.59. The summed E-state index contributed by atoms with van der Waals surface area (Å²) in [4.78, 5) is 4.38. The first kappa shape index (κ1) is 9.91. The van der Waals surface area contributed by atoms with Crippen LogP contribution in [0.25, 0.3) is 0 Å². The van der Waals surface area contributed by atoms with Crippen LogP contribution in [-0.2, 0) is 5.41 Å². The summed E-state index contributed by atoms with van der Waals surface area (Å²) in [7, 11) is 0. The molecule has 0 radical (unpaired) electrons. The van der Waals surface area contributed by atoms with E-state index in [1.807, 2.05) is 0 Å². The maximum absolute atomic E-state index is 6.36. The van der Waals surface area contributed by atoms with Crippen LogP contribution in [0.3, 0.4) is 0 Å². The van der Waals surface area contributed by atoms with E-state index in [0.717, 1.165) is 27.8 Å². The van der Waals surface area contributed by atoms with Crippen LogP contribution >= 0.6 is 27.5 Å². The van der Waals surface area contributed by atoms with E-state index in [1.165, 1.54) is 18.4 Å². The van der Waals surface area contributed by atoms with Crippen molar-refractivity contribution in [3.8, 4) is 0 Å². The molecule has 0 bridgehead atoms. The Bertz CT molecular complexity index is 435. The average molecular weight is 288 g/mol. The van der Waals surface area contributed by atoms with E-state index in [4.69, 9.17) is 11.6 Å².